The van der Waals surface area contributed by atoms with Gasteiger partial charge in [-0.15, -0.1) is 11.3 Å². The molecule has 0 spiro atoms. The van der Waals surface area contributed by atoms with Gasteiger partial charge in [-0.05, 0) is 48.5 Å². The molecule has 0 saturated heterocycles. The molecule has 0 saturated carbocycles. The van der Waals surface area contributed by atoms with Crippen LogP contribution < -0.4 is 31.1 Å². The van der Waals surface area contributed by atoms with Gasteiger partial charge in [-0.1, -0.05) is 121 Å². The van der Waals surface area contributed by atoms with Crippen molar-refractivity contribution in [3.8, 4) is 0 Å². The quantitative estimate of drug-likeness (QED) is 0.308. The summed E-state index contributed by atoms with van der Waals surface area (Å²) < 4.78 is 1.51. The van der Waals surface area contributed by atoms with Gasteiger partial charge in [0, 0.05) is 9.92 Å². The molecule has 0 fully saturated rings. The zero-order chi connectivity index (χ0) is 20.9. The average molecular weight is 452 g/mol. The molecule has 0 nitrogen and oxygen atoms in total. The summed E-state index contributed by atoms with van der Waals surface area (Å²) in [5.74, 6) is 0. The van der Waals surface area contributed by atoms with Crippen LogP contribution in [-0.4, -0.2) is 0 Å². The summed E-state index contributed by atoms with van der Waals surface area (Å²) >= 11 is 1.91. The van der Waals surface area contributed by atoms with Crippen molar-refractivity contribution in [3.63, 3.8) is 0 Å². The van der Waals surface area contributed by atoms with Gasteiger partial charge in [0.1, 0.15) is 0 Å². The topological polar surface area (TPSA) is 0 Å². The number of rotatable bonds is 6. The molecular weight excluding hydrogens is 430 g/mol. The highest BCUT2D eigenvalue weighted by atomic mass is 32.1. The summed E-state index contributed by atoms with van der Waals surface area (Å²) in [5, 5.41) is 9.38. The van der Waals surface area contributed by atoms with Gasteiger partial charge < -0.3 is 0 Å². The maximum atomic E-state index is 2.37. The second-order valence-electron chi connectivity index (χ2n) is 7.12. The molecule has 0 unspecified atom stereocenters. The molecule has 4 aromatic carbocycles. The molecule has 0 aliphatic heterocycles. The first kappa shape index (κ1) is 20.3. The van der Waals surface area contributed by atoms with E-state index in [-0.39, 0.29) is 0 Å². The Morgan fingerprint density at radius 2 is 0.742 bits per heavy atom. The van der Waals surface area contributed by atoms with E-state index in [0.717, 1.165) is 0 Å². The van der Waals surface area contributed by atoms with Crippen molar-refractivity contribution in [2.45, 2.75) is 0 Å². The van der Waals surface area contributed by atoms with Crippen LogP contribution in [0.5, 0.6) is 0 Å². The van der Waals surface area contributed by atoms with E-state index in [1.807, 2.05) is 11.3 Å². The lowest BCUT2D eigenvalue weighted by atomic mass is 10.4. The minimum Gasteiger partial charge on any atom is -0.143 e. The van der Waals surface area contributed by atoms with Gasteiger partial charge in [-0.2, -0.15) is 0 Å². The summed E-state index contributed by atoms with van der Waals surface area (Å²) in [6.45, 7) is 0. The normalized spacial score (nSPS) is 11.2. The van der Waals surface area contributed by atoms with Crippen LogP contribution in [-0.2, 0) is 0 Å². The monoisotopic (exact) mass is 452 g/mol. The summed E-state index contributed by atoms with van der Waals surface area (Å²) in [6, 6.07) is 46.4. The van der Waals surface area contributed by atoms with Gasteiger partial charge in [-0.25, -0.2) is 0 Å². The van der Waals surface area contributed by atoms with Gasteiger partial charge in [0.2, 0.25) is 0 Å². The smallest absolute Gasteiger partial charge is 0.0451 e. The predicted octanol–water partition coefficient (Wildman–Crippen LogP) is 5.26. The largest absolute Gasteiger partial charge is 0.143 e. The molecule has 3 heteroatoms. The highest BCUT2D eigenvalue weighted by molar-refractivity contribution is 7.88. The lowest BCUT2D eigenvalue weighted by Gasteiger charge is -2.24. The molecule has 0 amide bonds. The zero-order valence-corrected chi connectivity index (χ0v) is 19.6. The molecule has 0 radical (unpaired) electrons. The van der Waals surface area contributed by atoms with Crippen LogP contribution in [0, 0.1) is 0 Å². The van der Waals surface area contributed by atoms with Gasteiger partial charge in [0.15, 0.2) is 0 Å². The molecular formula is C28H22P2S. The molecule has 0 N–H and O–H groups in total. The molecule has 31 heavy (non-hydrogen) atoms. The fourth-order valence-electron chi connectivity index (χ4n) is 3.75. The maximum Gasteiger partial charge on any atom is 0.0451 e. The Hall–Kier alpha value is -2.56. The summed E-state index contributed by atoms with van der Waals surface area (Å²) in [5.41, 5.74) is 0. The first-order valence-corrected chi connectivity index (χ1v) is 13.9. The highest BCUT2D eigenvalue weighted by Crippen LogP contribution is 2.40. The minimum absolute atomic E-state index is 0.608. The van der Waals surface area contributed by atoms with E-state index in [1.54, 1.807) is 0 Å². The van der Waals surface area contributed by atoms with E-state index >= 15 is 0 Å². The number of benzene rings is 4. The molecule has 5 aromatic rings. The van der Waals surface area contributed by atoms with Gasteiger partial charge in [0.05, 0.1) is 0 Å². The molecule has 0 atom stereocenters. The van der Waals surface area contributed by atoms with Crippen molar-refractivity contribution in [1.82, 2.24) is 0 Å². The zero-order valence-electron chi connectivity index (χ0n) is 17.0. The van der Waals surface area contributed by atoms with Gasteiger partial charge in [0.25, 0.3) is 0 Å². The standard InChI is InChI=1S/C28H22P2S/c1-5-13-23(14-6-1)29(24-15-7-2-8-16-24)27-21-22-31-28(27)30(25-17-9-3-10-18-25)26-19-11-4-12-20-26/h1-22H. The van der Waals surface area contributed by atoms with Crippen LogP contribution in [0.4, 0.5) is 0 Å². The molecule has 150 valence electrons. The van der Waals surface area contributed by atoms with Crippen LogP contribution in [0.2, 0.25) is 0 Å². The maximum absolute atomic E-state index is 2.37. The van der Waals surface area contributed by atoms with Crippen LogP contribution in [0.1, 0.15) is 0 Å². The molecule has 0 bridgehead atoms. The Kier molecular flexibility index (Phi) is 6.38. The first-order valence-electron chi connectivity index (χ1n) is 10.3. The van der Waals surface area contributed by atoms with E-state index < -0.39 is 15.8 Å². The minimum atomic E-state index is -0.616. The highest BCUT2D eigenvalue weighted by Gasteiger charge is 2.26. The number of hydrogen-bond donors (Lipinski definition) is 0. The Morgan fingerprint density at radius 1 is 0.387 bits per heavy atom. The van der Waals surface area contributed by atoms with Crippen LogP contribution in [0.15, 0.2) is 133 Å². The first-order chi connectivity index (χ1) is 15.4. The number of hydrogen-bond acceptors (Lipinski definition) is 1. The van der Waals surface area contributed by atoms with Crippen molar-refractivity contribution < 1.29 is 0 Å². The van der Waals surface area contributed by atoms with Crippen LogP contribution >= 0.6 is 27.2 Å². The third kappa shape index (κ3) is 4.41. The van der Waals surface area contributed by atoms with Crippen LogP contribution in [0.3, 0.4) is 0 Å². The molecule has 1 aromatic heterocycles. The molecule has 0 aliphatic rings. The third-order valence-electron chi connectivity index (χ3n) is 5.13. The molecule has 0 aliphatic carbocycles. The van der Waals surface area contributed by atoms with Crippen molar-refractivity contribution >= 4 is 58.3 Å². The fraction of sp³-hybridized carbons (Fsp3) is 0. The van der Waals surface area contributed by atoms with Crippen molar-refractivity contribution in [2.75, 3.05) is 0 Å². The second kappa shape index (κ2) is 9.71. The van der Waals surface area contributed by atoms with Gasteiger partial charge >= 0.3 is 0 Å². The summed E-state index contributed by atoms with van der Waals surface area (Å²) in [6.07, 6.45) is 0. The Bertz CT molecular complexity index is 1040. The summed E-state index contributed by atoms with van der Waals surface area (Å²) in [7, 11) is -1.22. The third-order valence-corrected chi connectivity index (χ3v) is 11.8. The van der Waals surface area contributed by atoms with E-state index in [2.05, 4.69) is 133 Å². The number of thiophene rings is 1. The van der Waals surface area contributed by atoms with E-state index in [4.69, 9.17) is 0 Å². The van der Waals surface area contributed by atoms with E-state index in [9.17, 15) is 0 Å². The molecule has 5 rings (SSSR count). The SMILES string of the molecule is c1ccc(P(c2ccccc2)c2ccsc2P(c2ccccc2)c2ccccc2)cc1. The molecule has 1 heterocycles. The lowest BCUT2D eigenvalue weighted by Crippen LogP contribution is -2.31. The second-order valence-corrected chi connectivity index (χ2v) is 12.7. The summed E-state index contributed by atoms with van der Waals surface area (Å²) in [4.78, 5) is 0. The predicted molar refractivity (Wildman–Crippen MR) is 142 cm³/mol. The van der Waals surface area contributed by atoms with E-state index in [1.165, 1.54) is 31.1 Å². The Balaban J connectivity index is 1.71. The average Bonchev–Trinajstić information content (AvgIpc) is 3.31. The Labute approximate surface area is 190 Å². The lowest BCUT2D eigenvalue weighted by molar-refractivity contribution is 1.75. The van der Waals surface area contributed by atoms with Crippen LogP contribution in [0.25, 0.3) is 0 Å². The van der Waals surface area contributed by atoms with Gasteiger partial charge in [-0.3, -0.25) is 0 Å². The van der Waals surface area contributed by atoms with Crippen molar-refractivity contribution in [3.05, 3.63) is 133 Å². The van der Waals surface area contributed by atoms with E-state index in [0.29, 0.717) is 0 Å². The van der Waals surface area contributed by atoms with Crippen molar-refractivity contribution in [1.29, 1.82) is 0 Å². The Morgan fingerprint density at radius 3 is 1.13 bits per heavy atom. The fourth-order valence-corrected chi connectivity index (χ4v) is 10.9. The van der Waals surface area contributed by atoms with Crippen molar-refractivity contribution in [2.24, 2.45) is 0 Å².